The van der Waals surface area contributed by atoms with Gasteiger partial charge in [-0.3, -0.25) is 0 Å². The van der Waals surface area contributed by atoms with Crippen LogP contribution in [0.4, 0.5) is 27.5 Å². The van der Waals surface area contributed by atoms with Crippen molar-refractivity contribution in [3.05, 3.63) is 66.1 Å². The second-order valence-electron chi connectivity index (χ2n) is 5.20. The maximum atomic E-state index is 13.0. The average molecular weight is 324 g/mol. The fourth-order valence-electron chi connectivity index (χ4n) is 2.17. The van der Waals surface area contributed by atoms with Crippen LogP contribution < -0.4 is 15.4 Å². The lowest BCUT2D eigenvalue weighted by Gasteiger charge is -2.10. The minimum atomic E-state index is -0.277. The minimum Gasteiger partial charge on any atom is -0.497 e. The molecule has 2 N–H and O–H groups in total. The van der Waals surface area contributed by atoms with Gasteiger partial charge < -0.3 is 15.4 Å². The monoisotopic (exact) mass is 324 g/mol. The molecular formula is C18H17FN4O. The zero-order valence-electron chi connectivity index (χ0n) is 13.4. The van der Waals surface area contributed by atoms with Crippen LogP contribution >= 0.6 is 0 Å². The SMILES string of the molecule is COc1ccc(Nc2nc(C)cc(Nc3ccc(F)cc3)n2)cc1. The van der Waals surface area contributed by atoms with E-state index in [1.54, 1.807) is 19.2 Å². The summed E-state index contributed by atoms with van der Waals surface area (Å²) in [5.74, 6) is 1.61. The fraction of sp³-hybridized carbons (Fsp3) is 0.111. The average Bonchev–Trinajstić information content (AvgIpc) is 2.57. The van der Waals surface area contributed by atoms with Crippen LogP contribution in [0.15, 0.2) is 54.6 Å². The first kappa shape index (κ1) is 15.7. The van der Waals surface area contributed by atoms with Gasteiger partial charge in [0.2, 0.25) is 5.95 Å². The van der Waals surface area contributed by atoms with Gasteiger partial charge in [-0.25, -0.2) is 9.37 Å². The third kappa shape index (κ3) is 3.98. The van der Waals surface area contributed by atoms with Crippen molar-refractivity contribution in [2.45, 2.75) is 6.92 Å². The highest BCUT2D eigenvalue weighted by Crippen LogP contribution is 2.21. The smallest absolute Gasteiger partial charge is 0.229 e. The summed E-state index contributed by atoms with van der Waals surface area (Å²) in [5, 5.41) is 6.29. The van der Waals surface area contributed by atoms with Gasteiger partial charge in [0.15, 0.2) is 0 Å². The number of aromatic nitrogens is 2. The maximum Gasteiger partial charge on any atom is 0.229 e. The van der Waals surface area contributed by atoms with Crippen molar-refractivity contribution >= 4 is 23.1 Å². The molecule has 3 aromatic rings. The molecule has 2 aromatic carbocycles. The Labute approximate surface area is 139 Å². The van der Waals surface area contributed by atoms with E-state index >= 15 is 0 Å². The van der Waals surface area contributed by atoms with Crippen LogP contribution in [0.25, 0.3) is 0 Å². The van der Waals surface area contributed by atoms with Crippen molar-refractivity contribution in [1.82, 2.24) is 9.97 Å². The Bertz CT molecular complexity index is 819. The molecule has 0 aliphatic carbocycles. The number of methoxy groups -OCH3 is 1. The molecule has 0 unspecified atom stereocenters. The Morgan fingerprint density at radius 1 is 0.875 bits per heavy atom. The molecule has 122 valence electrons. The van der Waals surface area contributed by atoms with Gasteiger partial charge in [-0.1, -0.05) is 0 Å². The molecule has 0 fully saturated rings. The molecule has 3 rings (SSSR count). The van der Waals surface area contributed by atoms with Crippen molar-refractivity contribution in [3.63, 3.8) is 0 Å². The Kier molecular flexibility index (Phi) is 4.56. The molecule has 0 aliphatic rings. The van der Waals surface area contributed by atoms with Crippen LogP contribution in [0.5, 0.6) is 5.75 Å². The number of aryl methyl sites for hydroxylation is 1. The number of hydrogen-bond donors (Lipinski definition) is 2. The molecule has 24 heavy (non-hydrogen) atoms. The van der Waals surface area contributed by atoms with E-state index in [0.29, 0.717) is 11.8 Å². The number of benzene rings is 2. The highest BCUT2D eigenvalue weighted by Gasteiger charge is 2.04. The topological polar surface area (TPSA) is 59.1 Å². The summed E-state index contributed by atoms with van der Waals surface area (Å²) in [6, 6.07) is 15.4. The quantitative estimate of drug-likeness (QED) is 0.727. The van der Waals surface area contributed by atoms with E-state index in [-0.39, 0.29) is 5.82 Å². The number of hydrogen-bond acceptors (Lipinski definition) is 5. The van der Waals surface area contributed by atoms with Crippen molar-refractivity contribution in [3.8, 4) is 5.75 Å². The normalized spacial score (nSPS) is 10.3. The third-order valence-electron chi connectivity index (χ3n) is 3.32. The molecule has 0 saturated heterocycles. The number of nitrogens with zero attached hydrogens (tertiary/aromatic N) is 2. The number of ether oxygens (including phenoxy) is 1. The lowest BCUT2D eigenvalue weighted by atomic mass is 10.3. The summed E-state index contributed by atoms with van der Waals surface area (Å²) >= 11 is 0. The standard InChI is InChI=1S/C18H17FN4O/c1-12-11-17(21-14-5-3-13(19)4-6-14)23-18(20-12)22-15-7-9-16(24-2)10-8-15/h3-11H,1-2H3,(H2,20,21,22,23). The Morgan fingerprint density at radius 2 is 1.50 bits per heavy atom. The molecule has 1 heterocycles. The molecule has 0 spiro atoms. The zero-order valence-corrected chi connectivity index (χ0v) is 13.4. The van der Waals surface area contributed by atoms with E-state index in [9.17, 15) is 4.39 Å². The van der Waals surface area contributed by atoms with Crippen molar-refractivity contribution < 1.29 is 9.13 Å². The van der Waals surface area contributed by atoms with Gasteiger partial charge in [0, 0.05) is 23.1 Å². The lowest BCUT2D eigenvalue weighted by Crippen LogP contribution is -2.02. The summed E-state index contributed by atoms with van der Waals surface area (Å²) in [6.45, 7) is 1.89. The highest BCUT2D eigenvalue weighted by molar-refractivity contribution is 5.60. The molecule has 0 amide bonds. The zero-order chi connectivity index (χ0) is 16.9. The summed E-state index contributed by atoms with van der Waals surface area (Å²) in [4.78, 5) is 8.80. The number of nitrogens with one attached hydrogen (secondary N) is 2. The van der Waals surface area contributed by atoms with Crippen LogP contribution in [0.2, 0.25) is 0 Å². The van der Waals surface area contributed by atoms with E-state index in [2.05, 4.69) is 20.6 Å². The van der Waals surface area contributed by atoms with Gasteiger partial charge >= 0.3 is 0 Å². The molecule has 6 heteroatoms. The van der Waals surface area contributed by atoms with Crippen LogP contribution in [0, 0.1) is 12.7 Å². The van der Waals surface area contributed by atoms with Gasteiger partial charge in [-0.15, -0.1) is 0 Å². The Balaban J connectivity index is 1.78. The highest BCUT2D eigenvalue weighted by atomic mass is 19.1. The summed E-state index contributed by atoms with van der Waals surface area (Å²) in [7, 11) is 1.62. The first-order valence-corrected chi connectivity index (χ1v) is 7.42. The molecule has 0 saturated carbocycles. The van der Waals surface area contributed by atoms with Crippen LogP contribution in [0.1, 0.15) is 5.69 Å². The summed E-state index contributed by atoms with van der Waals surface area (Å²) in [6.07, 6.45) is 0. The largest absolute Gasteiger partial charge is 0.497 e. The van der Waals surface area contributed by atoms with Gasteiger partial charge in [0.25, 0.3) is 0 Å². The predicted octanol–water partition coefficient (Wildman–Crippen LogP) is 4.42. The maximum absolute atomic E-state index is 13.0. The van der Waals surface area contributed by atoms with E-state index in [4.69, 9.17) is 4.74 Å². The van der Waals surface area contributed by atoms with Gasteiger partial charge in [0.1, 0.15) is 17.4 Å². The first-order valence-electron chi connectivity index (χ1n) is 7.42. The van der Waals surface area contributed by atoms with Gasteiger partial charge in [0.05, 0.1) is 7.11 Å². The molecule has 5 nitrogen and oxygen atoms in total. The van der Waals surface area contributed by atoms with E-state index in [1.807, 2.05) is 37.3 Å². The van der Waals surface area contributed by atoms with Crippen molar-refractivity contribution in [2.75, 3.05) is 17.7 Å². The van der Waals surface area contributed by atoms with E-state index < -0.39 is 0 Å². The fourth-order valence-corrected chi connectivity index (χ4v) is 2.17. The Morgan fingerprint density at radius 3 is 2.17 bits per heavy atom. The molecule has 0 aliphatic heterocycles. The van der Waals surface area contributed by atoms with Crippen molar-refractivity contribution in [2.24, 2.45) is 0 Å². The molecule has 1 aromatic heterocycles. The Hall–Kier alpha value is -3.15. The second kappa shape index (κ2) is 6.95. The van der Waals surface area contributed by atoms with Crippen LogP contribution in [0.3, 0.4) is 0 Å². The second-order valence-corrected chi connectivity index (χ2v) is 5.20. The number of rotatable bonds is 5. The van der Waals surface area contributed by atoms with E-state index in [0.717, 1.165) is 22.8 Å². The van der Waals surface area contributed by atoms with Crippen LogP contribution in [-0.4, -0.2) is 17.1 Å². The molecular weight excluding hydrogens is 307 g/mol. The number of halogens is 1. The van der Waals surface area contributed by atoms with Crippen LogP contribution in [-0.2, 0) is 0 Å². The molecule has 0 bridgehead atoms. The first-order chi connectivity index (χ1) is 11.6. The lowest BCUT2D eigenvalue weighted by molar-refractivity contribution is 0.415. The van der Waals surface area contributed by atoms with Gasteiger partial charge in [-0.05, 0) is 55.5 Å². The summed E-state index contributed by atoms with van der Waals surface area (Å²) < 4.78 is 18.1. The summed E-state index contributed by atoms with van der Waals surface area (Å²) in [5.41, 5.74) is 2.42. The van der Waals surface area contributed by atoms with E-state index in [1.165, 1.54) is 12.1 Å². The molecule has 0 atom stereocenters. The molecule has 0 radical (unpaired) electrons. The minimum absolute atomic E-state index is 0.277. The van der Waals surface area contributed by atoms with Gasteiger partial charge in [-0.2, -0.15) is 4.98 Å². The van der Waals surface area contributed by atoms with Crippen molar-refractivity contribution in [1.29, 1.82) is 0 Å². The predicted molar refractivity (Wildman–Crippen MR) is 92.7 cm³/mol. The number of anilines is 4. The third-order valence-corrected chi connectivity index (χ3v) is 3.32.